The molecule has 0 unspecified atom stereocenters. The van der Waals surface area contributed by atoms with Crippen molar-refractivity contribution >= 4 is 104 Å². The predicted molar refractivity (Wildman–Crippen MR) is 411 cm³/mol. The number of aliphatic hydroxyl groups excluding tert-OH is 1. The molecule has 0 aliphatic heterocycles. The average molecular weight is 1570 g/mol. The normalized spacial score (nSPS) is 15.3. The number of nitrogens with zero attached hydrogens (tertiary/aromatic N) is 4. The van der Waals surface area contributed by atoms with Crippen LogP contribution >= 0.6 is 0 Å². The molecule has 5 rings (SSSR count). The summed E-state index contributed by atoms with van der Waals surface area (Å²) in [4.78, 5) is 189. The van der Waals surface area contributed by atoms with Crippen molar-refractivity contribution < 1.29 is 80.4 Å². The lowest BCUT2D eigenvalue weighted by molar-refractivity contribution is -0.140. The standard InChI is InChI=1S/C75H112N18O17S/c1-42(2)29-54(61(94)35-64(97)85-55(67(78)99)30-43(3)4)87-73(105)58(34-50-38-79-41-82-50)86-65(98)39-92(8)75(107)66(44(5)6)91-68(100)45(7)83-72(104)57(33-49-37-81-52-22-16-15-21-51(49)52)89-71(103)53(25-27-62(77)95)84-63(96)23-17-18-28-80-70(102)56(31-46-19-13-12-14-20-46)88-74(106)59(40-111(108,109)110)90-69(101)47-24-26-60(93(9,10)11)48(32-47)36-76/h15-16,21-22,24,26,32,37-38,41-46,53-59,61,66,81,94H,12-14,17-20,23,25,27-31,33-35,39-40H2,1-11H3,(H15-,77,78,79,80,82,83,84,85,86,87,88,89,90,91,95,96,97,98,99,100,101,102,103,104,105,106,108,109,110)/p+1/t45-,53-,54-,55-,56+,57-,58-,59-,61-,66-/m0/s1. The molecule has 13 amide bonds. The lowest BCUT2D eigenvalue weighted by Crippen LogP contribution is -2.59. The molecule has 610 valence electrons. The fraction of sp³-hybridized carbons (Fsp3) is 0.587. The number of imidazole rings is 1. The summed E-state index contributed by atoms with van der Waals surface area (Å²) in [6, 6.07) is 1.36. The molecule has 1 aliphatic carbocycles. The van der Waals surface area contributed by atoms with Crippen LogP contribution in [0, 0.1) is 35.0 Å². The second-order valence-electron chi connectivity index (χ2n) is 30.7. The van der Waals surface area contributed by atoms with Crippen molar-refractivity contribution in [3.8, 4) is 6.07 Å². The summed E-state index contributed by atoms with van der Waals surface area (Å²) in [6.07, 6.45) is 6.39. The van der Waals surface area contributed by atoms with Crippen molar-refractivity contribution in [1.82, 2.24) is 77.5 Å². The van der Waals surface area contributed by atoms with Gasteiger partial charge in [-0.05, 0) is 92.9 Å². The van der Waals surface area contributed by atoms with Gasteiger partial charge in [-0.25, -0.2) is 4.98 Å². The summed E-state index contributed by atoms with van der Waals surface area (Å²) in [5, 5.41) is 48.1. The summed E-state index contributed by atoms with van der Waals surface area (Å²) in [6.45, 7) is 11.3. The molecule has 36 heteroatoms. The van der Waals surface area contributed by atoms with E-state index >= 15 is 0 Å². The van der Waals surface area contributed by atoms with Crippen LogP contribution in [0.1, 0.15) is 166 Å². The SMILES string of the molecule is CC(C)C[C@H](NC(=O)C[C@H](O)[C@H](CC(C)C)NC(=O)[C@H](Cc1cnc[nH]1)NC(=O)CN(C)C(=O)[C@@H](NC(=O)[C@H](C)NC(=O)[C@H](Cc1c[nH]c2ccccc12)NC(=O)[C@H](CCC(N)=O)NC(=O)CCCCNC(=O)[C@@H](CC1CCCCC1)NC(=O)[C@H](CS(=O)(=O)O)NC(=O)c1ccc([N+](C)(C)C)c(C#N)c1)C(C)C)C(N)=O. The number of rotatable bonds is 45. The van der Waals surface area contributed by atoms with Crippen molar-refractivity contribution in [3.63, 3.8) is 0 Å². The number of benzene rings is 2. The van der Waals surface area contributed by atoms with Gasteiger partial charge in [0.25, 0.3) is 16.0 Å². The van der Waals surface area contributed by atoms with E-state index in [1.54, 1.807) is 50.4 Å². The highest BCUT2D eigenvalue weighted by Crippen LogP contribution is 2.29. The van der Waals surface area contributed by atoms with E-state index in [9.17, 15) is 85.7 Å². The molecule has 0 saturated heterocycles. The number of aromatic nitrogens is 3. The Bertz CT molecular complexity index is 4050. The molecule has 10 atom stereocenters. The van der Waals surface area contributed by atoms with Crippen LogP contribution in [-0.2, 0) is 80.5 Å². The van der Waals surface area contributed by atoms with Crippen LogP contribution in [-0.4, -0.2) is 222 Å². The summed E-state index contributed by atoms with van der Waals surface area (Å²) >= 11 is 0. The van der Waals surface area contributed by atoms with Crippen LogP contribution in [0.15, 0.2) is 61.2 Å². The number of quaternary nitrogens is 1. The monoisotopic (exact) mass is 1570 g/mol. The maximum atomic E-state index is 14.5. The lowest BCUT2D eigenvalue weighted by Gasteiger charge is -2.30. The Balaban J connectivity index is 1.24. The maximum Gasteiger partial charge on any atom is 0.267 e. The number of carbonyl (C=O) groups is 13. The summed E-state index contributed by atoms with van der Waals surface area (Å²) < 4.78 is 34.6. The summed E-state index contributed by atoms with van der Waals surface area (Å²) in [5.41, 5.74) is 13.4. The molecule has 1 saturated carbocycles. The molecule has 0 spiro atoms. The number of aliphatic hydroxyl groups is 1. The van der Waals surface area contributed by atoms with Crippen LogP contribution < -0.4 is 69.1 Å². The number of amides is 13. The van der Waals surface area contributed by atoms with Crippen molar-refractivity contribution in [3.05, 3.63) is 83.6 Å². The van der Waals surface area contributed by atoms with E-state index < -0.39 is 172 Å². The molecule has 0 radical (unpaired) electrons. The van der Waals surface area contributed by atoms with Crippen LogP contribution in [0.5, 0.6) is 0 Å². The van der Waals surface area contributed by atoms with Gasteiger partial charge in [0.15, 0.2) is 0 Å². The third-order valence-corrected chi connectivity index (χ3v) is 19.6. The molecule has 18 N–H and O–H groups in total. The van der Waals surface area contributed by atoms with E-state index in [4.69, 9.17) is 11.5 Å². The van der Waals surface area contributed by atoms with E-state index in [0.29, 0.717) is 27.8 Å². The first kappa shape index (κ1) is 91.2. The van der Waals surface area contributed by atoms with Gasteiger partial charge in [-0.1, -0.05) is 91.8 Å². The number of likely N-dealkylation sites (N-methyl/N-ethyl adjacent to an activating group) is 1. The second kappa shape index (κ2) is 43.3. The lowest BCUT2D eigenvalue weighted by atomic mass is 9.84. The number of nitriles is 1. The predicted octanol–water partition coefficient (Wildman–Crippen LogP) is 0.295. The van der Waals surface area contributed by atoms with Crippen molar-refractivity contribution in [2.24, 2.45) is 35.1 Å². The number of hydrogen-bond acceptors (Lipinski definition) is 18. The minimum Gasteiger partial charge on any atom is -0.390 e. The first-order valence-corrected chi connectivity index (χ1v) is 39.1. The highest BCUT2D eigenvalue weighted by Gasteiger charge is 2.37. The number of nitrogens with two attached hydrogens (primary N) is 2. The van der Waals surface area contributed by atoms with E-state index in [0.717, 1.165) is 37.0 Å². The Morgan fingerprint density at radius 1 is 0.676 bits per heavy atom. The fourth-order valence-electron chi connectivity index (χ4n) is 13.0. The zero-order valence-corrected chi connectivity index (χ0v) is 66.0. The maximum absolute atomic E-state index is 14.5. The zero-order chi connectivity index (χ0) is 82.6. The first-order valence-electron chi connectivity index (χ1n) is 37.5. The van der Waals surface area contributed by atoms with Gasteiger partial charge >= 0.3 is 0 Å². The largest absolute Gasteiger partial charge is 0.390 e. The number of fused-ring (bicyclic) bond motifs is 1. The number of aromatic amines is 2. The molecule has 2 aromatic carbocycles. The average Bonchev–Trinajstić information content (AvgIpc) is 1.80. The molecule has 0 bridgehead atoms. The number of nitrogens with one attached hydrogen (secondary N) is 12. The minimum atomic E-state index is -4.90. The number of carbonyl (C=O) groups excluding carboxylic acids is 13. The first-order chi connectivity index (χ1) is 52.1. The van der Waals surface area contributed by atoms with E-state index in [-0.39, 0.29) is 104 Å². The molecule has 1 fully saturated rings. The number of H-pyrrole nitrogens is 2. The Labute approximate surface area is 647 Å². The molecule has 2 aromatic heterocycles. The molecule has 1 aliphatic rings. The van der Waals surface area contributed by atoms with Crippen LogP contribution in [0.4, 0.5) is 5.69 Å². The number of para-hydroxylation sites is 1. The van der Waals surface area contributed by atoms with Crippen LogP contribution in [0.25, 0.3) is 10.9 Å². The van der Waals surface area contributed by atoms with E-state index in [1.807, 2.05) is 54.9 Å². The highest BCUT2D eigenvalue weighted by atomic mass is 32.2. The molecule has 35 nitrogen and oxygen atoms in total. The molecule has 4 aromatic rings. The van der Waals surface area contributed by atoms with Gasteiger partial charge in [-0.2, -0.15) is 13.7 Å². The molecular formula is C75H113N18O17S+. The fourth-order valence-corrected chi connectivity index (χ4v) is 13.6. The Morgan fingerprint density at radius 2 is 1.30 bits per heavy atom. The van der Waals surface area contributed by atoms with Gasteiger partial charge in [-0.3, -0.25) is 71.4 Å². The van der Waals surface area contributed by atoms with E-state index in [1.165, 1.54) is 38.6 Å². The molecular weight excluding hydrogens is 1460 g/mol. The van der Waals surface area contributed by atoms with Gasteiger partial charge in [0.2, 0.25) is 70.9 Å². The summed E-state index contributed by atoms with van der Waals surface area (Å²) in [7, 11) is 1.84. The topological polar surface area (TPSA) is 540 Å². The zero-order valence-electron chi connectivity index (χ0n) is 65.2. The van der Waals surface area contributed by atoms with Gasteiger partial charge in [0, 0.05) is 79.9 Å². The van der Waals surface area contributed by atoms with Crippen molar-refractivity contribution in [2.45, 2.75) is 212 Å². The third-order valence-electron chi connectivity index (χ3n) is 18.9. The Morgan fingerprint density at radius 3 is 1.91 bits per heavy atom. The minimum absolute atomic E-state index is 0.00887. The second-order valence-corrected chi connectivity index (χ2v) is 32.2. The highest BCUT2D eigenvalue weighted by molar-refractivity contribution is 7.85. The Kier molecular flexibility index (Phi) is 35.6. The van der Waals surface area contributed by atoms with Crippen molar-refractivity contribution in [2.75, 3.05) is 47.0 Å². The van der Waals surface area contributed by atoms with Gasteiger partial charge in [-0.15, -0.1) is 0 Å². The summed E-state index contributed by atoms with van der Waals surface area (Å²) in [5.74, 6) is -12.4. The van der Waals surface area contributed by atoms with Crippen LogP contribution in [0.3, 0.4) is 0 Å². The smallest absolute Gasteiger partial charge is 0.267 e. The van der Waals surface area contributed by atoms with Gasteiger partial charge in [0.05, 0.1) is 52.6 Å². The Hall–Kier alpha value is -10.4. The third kappa shape index (κ3) is 30.8. The molecule has 111 heavy (non-hydrogen) atoms. The number of primary amides is 2. The van der Waals surface area contributed by atoms with E-state index in [2.05, 4.69) is 68.1 Å². The van der Waals surface area contributed by atoms with Crippen LogP contribution in [0.2, 0.25) is 0 Å². The molecule has 2 heterocycles. The number of unbranched alkanes of at least 4 members (excludes halogenated alkanes) is 1. The van der Waals surface area contributed by atoms with Gasteiger partial charge < -0.3 is 84.6 Å². The van der Waals surface area contributed by atoms with Crippen molar-refractivity contribution in [1.29, 1.82) is 5.26 Å². The number of hydrogen-bond donors (Lipinski definition) is 16. The van der Waals surface area contributed by atoms with Gasteiger partial charge in [0.1, 0.15) is 71.4 Å². The quantitative estimate of drug-likeness (QED) is 0.0161.